The summed E-state index contributed by atoms with van der Waals surface area (Å²) in [5.74, 6) is 1.95. The number of hydrogen-bond donors (Lipinski definition) is 2. The Hall–Kier alpha value is -0.830. The van der Waals surface area contributed by atoms with Crippen molar-refractivity contribution in [2.75, 3.05) is 13.1 Å². The van der Waals surface area contributed by atoms with E-state index in [2.05, 4.69) is 22.2 Å². The maximum absolute atomic E-state index is 4.37. The molecule has 1 aliphatic heterocycles. The number of nitrogens with zero attached hydrogens (tertiary/aromatic N) is 1. The summed E-state index contributed by atoms with van der Waals surface area (Å²) in [5.41, 5.74) is 1.25. The highest BCUT2D eigenvalue weighted by atomic mass is 14.9. The van der Waals surface area contributed by atoms with Crippen LogP contribution in [0.1, 0.15) is 24.9 Å². The van der Waals surface area contributed by atoms with Gasteiger partial charge < -0.3 is 10.3 Å². The number of aryl methyl sites for hydroxylation is 1. The van der Waals surface area contributed by atoms with Gasteiger partial charge in [-0.25, -0.2) is 4.98 Å². The maximum Gasteiger partial charge on any atom is 0.106 e. The smallest absolute Gasteiger partial charge is 0.106 e. The van der Waals surface area contributed by atoms with Crippen LogP contribution in [-0.2, 0) is 12.8 Å². The van der Waals surface area contributed by atoms with Crippen molar-refractivity contribution < 1.29 is 0 Å². The Labute approximate surface area is 79.0 Å². The largest absolute Gasteiger partial charge is 0.346 e. The first-order valence-corrected chi connectivity index (χ1v) is 5.12. The minimum absolute atomic E-state index is 0.788. The summed E-state index contributed by atoms with van der Waals surface area (Å²) in [4.78, 5) is 7.72. The third-order valence-electron chi connectivity index (χ3n) is 2.71. The summed E-state index contributed by atoms with van der Waals surface area (Å²) >= 11 is 0. The minimum Gasteiger partial charge on any atom is -0.346 e. The average Bonchev–Trinajstić information content (AvgIpc) is 2.76. The molecule has 1 unspecified atom stereocenters. The lowest BCUT2D eigenvalue weighted by atomic mass is 10.1. The van der Waals surface area contributed by atoms with Crippen LogP contribution >= 0.6 is 0 Å². The molecule has 72 valence electrons. The van der Waals surface area contributed by atoms with Crippen LogP contribution in [0.3, 0.4) is 0 Å². The van der Waals surface area contributed by atoms with E-state index < -0.39 is 0 Å². The van der Waals surface area contributed by atoms with E-state index >= 15 is 0 Å². The molecule has 0 radical (unpaired) electrons. The topological polar surface area (TPSA) is 40.7 Å². The van der Waals surface area contributed by atoms with Crippen molar-refractivity contribution in [3.63, 3.8) is 0 Å². The normalized spacial score (nSPS) is 22.4. The van der Waals surface area contributed by atoms with Crippen LogP contribution < -0.4 is 5.32 Å². The third-order valence-corrected chi connectivity index (χ3v) is 2.71. The van der Waals surface area contributed by atoms with Gasteiger partial charge in [0.2, 0.25) is 0 Å². The van der Waals surface area contributed by atoms with Gasteiger partial charge in [0.15, 0.2) is 0 Å². The first-order valence-electron chi connectivity index (χ1n) is 5.12. The molecule has 13 heavy (non-hydrogen) atoms. The molecule has 0 aliphatic carbocycles. The van der Waals surface area contributed by atoms with Gasteiger partial charge in [-0.3, -0.25) is 0 Å². The van der Waals surface area contributed by atoms with Gasteiger partial charge in [-0.15, -0.1) is 0 Å². The van der Waals surface area contributed by atoms with Crippen molar-refractivity contribution in [3.05, 3.63) is 17.7 Å². The molecule has 2 N–H and O–H groups in total. The highest BCUT2D eigenvalue weighted by molar-refractivity contribution is 5.02. The Morgan fingerprint density at radius 2 is 2.54 bits per heavy atom. The first-order chi connectivity index (χ1) is 6.38. The van der Waals surface area contributed by atoms with Crippen molar-refractivity contribution in [2.45, 2.75) is 26.2 Å². The second kappa shape index (κ2) is 3.92. The van der Waals surface area contributed by atoms with E-state index in [9.17, 15) is 0 Å². The molecule has 1 aliphatic rings. The fourth-order valence-corrected chi connectivity index (χ4v) is 1.85. The summed E-state index contributed by atoms with van der Waals surface area (Å²) in [5, 5.41) is 3.37. The second-order valence-electron chi connectivity index (χ2n) is 3.77. The Kier molecular flexibility index (Phi) is 2.64. The van der Waals surface area contributed by atoms with Gasteiger partial charge in [0.1, 0.15) is 5.82 Å². The fourth-order valence-electron chi connectivity index (χ4n) is 1.85. The van der Waals surface area contributed by atoms with Crippen LogP contribution in [0.15, 0.2) is 6.20 Å². The number of hydrogen-bond acceptors (Lipinski definition) is 2. The van der Waals surface area contributed by atoms with Crippen molar-refractivity contribution in [2.24, 2.45) is 5.92 Å². The zero-order chi connectivity index (χ0) is 9.10. The van der Waals surface area contributed by atoms with E-state index in [1.807, 2.05) is 6.20 Å². The molecule has 1 fully saturated rings. The minimum atomic E-state index is 0.788. The van der Waals surface area contributed by atoms with Crippen LogP contribution in [0, 0.1) is 5.92 Å². The number of nitrogens with one attached hydrogen (secondary N) is 2. The van der Waals surface area contributed by atoms with E-state index in [0.717, 1.165) is 31.1 Å². The van der Waals surface area contributed by atoms with Crippen molar-refractivity contribution in [3.8, 4) is 0 Å². The average molecular weight is 179 g/mol. The molecule has 0 aromatic carbocycles. The lowest BCUT2D eigenvalue weighted by molar-refractivity contribution is 0.564. The number of rotatable bonds is 3. The number of H-pyrrole nitrogens is 1. The lowest BCUT2D eigenvalue weighted by Gasteiger charge is -2.04. The molecule has 3 heteroatoms. The zero-order valence-corrected chi connectivity index (χ0v) is 8.14. The molecule has 0 amide bonds. The zero-order valence-electron chi connectivity index (χ0n) is 8.14. The van der Waals surface area contributed by atoms with Crippen LogP contribution in [0.2, 0.25) is 0 Å². The number of imidazole rings is 1. The molecular weight excluding hydrogens is 162 g/mol. The Morgan fingerprint density at radius 1 is 1.62 bits per heavy atom. The molecule has 0 spiro atoms. The summed E-state index contributed by atoms with van der Waals surface area (Å²) in [7, 11) is 0. The van der Waals surface area contributed by atoms with Gasteiger partial charge >= 0.3 is 0 Å². The van der Waals surface area contributed by atoms with Crippen molar-refractivity contribution in [1.82, 2.24) is 15.3 Å². The van der Waals surface area contributed by atoms with Gasteiger partial charge in [0.25, 0.3) is 0 Å². The molecule has 1 atom stereocenters. The van der Waals surface area contributed by atoms with Crippen molar-refractivity contribution >= 4 is 0 Å². The SMILES string of the molecule is CCc1cnc(CC2CCNC2)[nH]1. The van der Waals surface area contributed by atoms with Gasteiger partial charge in [-0.2, -0.15) is 0 Å². The molecule has 0 saturated carbocycles. The van der Waals surface area contributed by atoms with Crippen LogP contribution in [0.4, 0.5) is 0 Å². The summed E-state index contributed by atoms with van der Waals surface area (Å²) in [6.07, 6.45) is 5.41. The van der Waals surface area contributed by atoms with E-state index in [-0.39, 0.29) is 0 Å². The quantitative estimate of drug-likeness (QED) is 0.730. The third kappa shape index (κ3) is 2.10. The van der Waals surface area contributed by atoms with Gasteiger partial charge in [-0.1, -0.05) is 6.92 Å². The van der Waals surface area contributed by atoms with Gasteiger partial charge in [0.05, 0.1) is 0 Å². The molecule has 3 nitrogen and oxygen atoms in total. The molecule has 1 aromatic heterocycles. The van der Waals surface area contributed by atoms with Crippen LogP contribution in [0.25, 0.3) is 0 Å². The predicted octanol–water partition coefficient (Wildman–Crippen LogP) is 1.12. The second-order valence-corrected chi connectivity index (χ2v) is 3.77. The molecule has 1 saturated heterocycles. The molecule has 1 aromatic rings. The number of aromatic nitrogens is 2. The van der Waals surface area contributed by atoms with E-state index in [4.69, 9.17) is 0 Å². The Morgan fingerprint density at radius 3 is 3.15 bits per heavy atom. The highest BCUT2D eigenvalue weighted by Gasteiger charge is 2.15. The summed E-state index contributed by atoms with van der Waals surface area (Å²) in [6, 6.07) is 0. The highest BCUT2D eigenvalue weighted by Crippen LogP contribution is 2.12. The van der Waals surface area contributed by atoms with Gasteiger partial charge in [-0.05, 0) is 31.8 Å². The first kappa shape index (κ1) is 8.75. The summed E-state index contributed by atoms with van der Waals surface area (Å²) < 4.78 is 0. The lowest BCUT2D eigenvalue weighted by Crippen LogP contribution is -2.11. The molecule has 2 rings (SSSR count). The van der Waals surface area contributed by atoms with E-state index in [0.29, 0.717) is 0 Å². The fraction of sp³-hybridized carbons (Fsp3) is 0.700. The molecule has 0 bridgehead atoms. The van der Waals surface area contributed by atoms with Crippen molar-refractivity contribution in [1.29, 1.82) is 0 Å². The number of aromatic amines is 1. The standard InChI is InChI=1S/C10H17N3/c1-2-9-7-12-10(13-9)5-8-3-4-11-6-8/h7-8,11H,2-6H2,1H3,(H,12,13). The summed E-state index contributed by atoms with van der Waals surface area (Å²) in [6.45, 7) is 4.47. The Bertz CT molecular complexity index is 261. The van der Waals surface area contributed by atoms with E-state index in [1.165, 1.54) is 18.7 Å². The predicted molar refractivity (Wildman–Crippen MR) is 52.6 cm³/mol. The monoisotopic (exact) mass is 179 g/mol. The maximum atomic E-state index is 4.37. The van der Waals surface area contributed by atoms with Crippen LogP contribution in [0.5, 0.6) is 0 Å². The van der Waals surface area contributed by atoms with Gasteiger partial charge in [0, 0.05) is 18.3 Å². The van der Waals surface area contributed by atoms with Crippen LogP contribution in [-0.4, -0.2) is 23.1 Å². The Balaban J connectivity index is 1.92. The molecule has 2 heterocycles. The molecular formula is C10H17N3. The van der Waals surface area contributed by atoms with E-state index in [1.54, 1.807) is 0 Å².